The van der Waals surface area contributed by atoms with Crippen LogP contribution in [0.3, 0.4) is 0 Å². The second kappa shape index (κ2) is 13.6. The van der Waals surface area contributed by atoms with Gasteiger partial charge < -0.3 is 20.7 Å². The third-order valence-corrected chi connectivity index (χ3v) is 3.02. The lowest BCUT2D eigenvalue weighted by molar-refractivity contribution is 0.0527. The van der Waals surface area contributed by atoms with Gasteiger partial charge in [-0.15, -0.1) is 24.0 Å². The number of hydrogen-bond donors (Lipinski definition) is 3. The quantitative estimate of drug-likeness (QED) is 0.232. The Morgan fingerprint density at radius 1 is 1.19 bits per heavy atom. The van der Waals surface area contributed by atoms with Gasteiger partial charge in [0.05, 0.1) is 0 Å². The number of amides is 1. The number of carbonyl (C=O) groups is 1. The average Bonchev–Trinajstić information content (AvgIpc) is 2.54. The van der Waals surface area contributed by atoms with E-state index in [1.807, 2.05) is 45.9 Å². The maximum atomic E-state index is 11.5. The Balaban J connectivity index is 0.00000625. The van der Waals surface area contributed by atoms with Gasteiger partial charge in [0, 0.05) is 44.5 Å². The highest BCUT2D eigenvalue weighted by molar-refractivity contribution is 14.0. The summed E-state index contributed by atoms with van der Waals surface area (Å²) in [5.41, 5.74) is 0.574. The van der Waals surface area contributed by atoms with Crippen LogP contribution in [0.5, 0.6) is 0 Å². The highest BCUT2D eigenvalue weighted by atomic mass is 127. The molecule has 26 heavy (non-hydrogen) atoms. The minimum Gasteiger partial charge on any atom is -0.444 e. The van der Waals surface area contributed by atoms with Gasteiger partial charge in [-0.25, -0.2) is 4.79 Å². The Kier molecular flexibility index (Phi) is 12.8. The Morgan fingerprint density at radius 2 is 1.96 bits per heavy atom. The first kappa shape index (κ1) is 24.4. The van der Waals surface area contributed by atoms with Crippen LogP contribution < -0.4 is 16.0 Å². The Bertz CT molecular complexity index is 532. The Hall–Kier alpha value is -1.58. The molecule has 0 bridgehead atoms. The van der Waals surface area contributed by atoms with Crippen LogP contribution in [0.25, 0.3) is 0 Å². The van der Waals surface area contributed by atoms with Crippen molar-refractivity contribution in [3.63, 3.8) is 0 Å². The van der Waals surface area contributed by atoms with E-state index < -0.39 is 11.7 Å². The summed E-state index contributed by atoms with van der Waals surface area (Å²) in [5, 5.41) is 9.22. The van der Waals surface area contributed by atoms with Gasteiger partial charge in [0.25, 0.3) is 0 Å². The monoisotopic (exact) mass is 477 g/mol. The van der Waals surface area contributed by atoms with Gasteiger partial charge >= 0.3 is 6.09 Å². The Morgan fingerprint density at radius 3 is 2.58 bits per heavy atom. The predicted octanol–water partition coefficient (Wildman–Crippen LogP) is 2.71. The molecule has 0 aliphatic heterocycles. The fourth-order valence-corrected chi connectivity index (χ4v) is 1.97. The summed E-state index contributed by atoms with van der Waals surface area (Å²) in [6, 6.07) is 5.90. The number of ether oxygens (including phenoxy) is 1. The third-order valence-electron chi connectivity index (χ3n) is 3.02. The Labute approximate surface area is 173 Å². The summed E-state index contributed by atoms with van der Waals surface area (Å²) in [5.74, 6) is 0.774. The first-order chi connectivity index (χ1) is 11.9. The van der Waals surface area contributed by atoms with Crippen LogP contribution in [-0.4, -0.2) is 48.8 Å². The molecule has 0 unspecified atom stereocenters. The molecule has 3 N–H and O–H groups in total. The predicted molar refractivity (Wildman–Crippen MR) is 116 cm³/mol. The zero-order valence-corrected chi connectivity index (χ0v) is 18.5. The molecule has 0 fully saturated rings. The average molecular weight is 477 g/mol. The van der Waals surface area contributed by atoms with Gasteiger partial charge in [-0.05, 0) is 46.2 Å². The first-order valence-electron chi connectivity index (χ1n) is 8.79. The number of pyridine rings is 1. The zero-order valence-electron chi connectivity index (χ0n) is 16.2. The maximum Gasteiger partial charge on any atom is 0.407 e. The lowest BCUT2D eigenvalue weighted by Gasteiger charge is -2.19. The van der Waals surface area contributed by atoms with Crippen molar-refractivity contribution < 1.29 is 9.53 Å². The van der Waals surface area contributed by atoms with Gasteiger partial charge in [-0.1, -0.05) is 6.07 Å². The van der Waals surface area contributed by atoms with Crippen molar-refractivity contribution in [2.24, 2.45) is 4.99 Å². The maximum absolute atomic E-state index is 11.5. The third kappa shape index (κ3) is 12.7. The second-order valence-electron chi connectivity index (χ2n) is 6.54. The number of aromatic nitrogens is 1. The number of rotatable bonds is 8. The number of carbonyl (C=O) groups excluding carboxylic acids is 1. The number of alkyl carbamates (subject to hydrolysis) is 1. The summed E-state index contributed by atoms with van der Waals surface area (Å²) in [6.45, 7) is 10.3. The van der Waals surface area contributed by atoms with Crippen molar-refractivity contribution in [3.05, 3.63) is 30.1 Å². The van der Waals surface area contributed by atoms with Crippen molar-refractivity contribution in [1.29, 1.82) is 0 Å². The number of nitrogens with one attached hydrogen (secondary N) is 3. The molecule has 1 aromatic heterocycles. The molecule has 0 aromatic carbocycles. The summed E-state index contributed by atoms with van der Waals surface area (Å²) in [6.07, 6.45) is 2.99. The second-order valence-corrected chi connectivity index (χ2v) is 6.54. The lowest BCUT2D eigenvalue weighted by atomic mass is 10.2. The molecule has 148 valence electrons. The van der Waals surface area contributed by atoms with E-state index in [0.717, 1.165) is 37.6 Å². The molecule has 1 aromatic rings. The molecular formula is C18H32IN5O2. The van der Waals surface area contributed by atoms with Crippen LogP contribution in [-0.2, 0) is 11.2 Å². The number of halogens is 1. The molecule has 0 saturated heterocycles. The van der Waals surface area contributed by atoms with E-state index in [1.54, 1.807) is 6.20 Å². The highest BCUT2D eigenvalue weighted by Crippen LogP contribution is 2.06. The first-order valence-corrected chi connectivity index (χ1v) is 8.79. The summed E-state index contributed by atoms with van der Waals surface area (Å²) in [7, 11) is 0. The smallest absolute Gasteiger partial charge is 0.407 e. The SMILES string of the molecule is CCNC(=NCCCNC(=O)OC(C)(C)C)NCCc1ccccn1.I. The summed E-state index contributed by atoms with van der Waals surface area (Å²) >= 11 is 0. The van der Waals surface area contributed by atoms with E-state index in [-0.39, 0.29) is 24.0 Å². The fraction of sp³-hybridized carbons (Fsp3) is 0.611. The van der Waals surface area contributed by atoms with Crippen molar-refractivity contribution in [1.82, 2.24) is 20.9 Å². The molecule has 1 heterocycles. The molecule has 0 spiro atoms. The van der Waals surface area contributed by atoms with Crippen LogP contribution in [0.2, 0.25) is 0 Å². The van der Waals surface area contributed by atoms with Crippen LogP contribution in [0.4, 0.5) is 4.79 Å². The topological polar surface area (TPSA) is 87.6 Å². The van der Waals surface area contributed by atoms with Gasteiger partial charge in [0.1, 0.15) is 5.60 Å². The zero-order chi connectivity index (χ0) is 18.5. The molecule has 0 radical (unpaired) electrons. The van der Waals surface area contributed by atoms with Crippen molar-refractivity contribution in [2.75, 3.05) is 26.2 Å². The van der Waals surface area contributed by atoms with E-state index >= 15 is 0 Å². The van der Waals surface area contributed by atoms with Crippen LogP contribution in [0, 0.1) is 0 Å². The molecule has 7 nitrogen and oxygen atoms in total. The van der Waals surface area contributed by atoms with Crippen LogP contribution >= 0.6 is 24.0 Å². The lowest BCUT2D eigenvalue weighted by Crippen LogP contribution is -2.38. The van der Waals surface area contributed by atoms with Gasteiger partial charge in [0.2, 0.25) is 0 Å². The molecule has 0 aliphatic carbocycles. The molecule has 0 saturated carbocycles. The standard InChI is InChI=1S/C18H31N5O2.HI/c1-5-19-16(22-14-10-15-9-6-7-11-20-15)21-12-8-13-23-17(24)25-18(2,3)4;/h6-7,9,11H,5,8,10,12-14H2,1-4H3,(H,23,24)(H2,19,21,22);1H. The highest BCUT2D eigenvalue weighted by Gasteiger charge is 2.15. The van der Waals surface area contributed by atoms with Crippen LogP contribution in [0.1, 0.15) is 39.8 Å². The minimum absolute atomic E-state index is 0. The normalized spacial score (nSPS) is 11.3. The summed E-state index contributed by atoms with van der Waals surface area (Å²) in [4.78, 5) is 20.3. The number of nitrogens with zero attached hydrogens (tertiary/aromatic N) is 2. The van der Waals surface area contributed by atoms with E-state index in [1.165, 1.54) is 0 Å². The molecule has 0 aliphatic rings. The van der Waals surface area contributed by atoms with Gasteiger partial charge in [-0.2, -0.15) is 0 Å². The molecular weight excluding hydrogens is 445 g/mol. The van der Waals surface area contributed by atoms with E-state index in [0.29, 0.717) is 13.1 Å². The number of aliphatic imine (C=N–C) groups is 1. The van der Waals surface area contributed by atoms with Crippen molar-refractivity contribution in [3.8, 4) is 0 Å². The summed E-state index contributed by atoms with van der Waals surface area (Å²) < 4.78 is 5.18. The number of hydrogen-bond acceptors (Lipinski definition) is 4. The minimum atomic E-state index is -0.474. The molecule has 0 atom stereocenters. The fourth-order valence-electron chi connectivity index (χ4n) is 1.97. The van der Waals surface area contributed by atoms with E-state index in [4.69, 9.17) is 4.74 Å². The van der Waals surface area contributed by atoms with Crippen molar-refractivity contribution in [2.45, 2.75) is 46.1 Å². The van der Waals surface area contributed by atoms with E-state index in [2.05, 4.69) is 25.9 Å². The van der Waals surface area contributed by atoms with E-state index in [9.17, 15) is 4.79 Å². The molecule has 1 rings (SSSR count). The van der Waals surface area contributed by atoms with Gasteiger partial charge in [-0.3, -0.25) is 9.98 Å². The molecule has 1 amide bonds. The molecule has 8 heteroatoms. The largest absolute Gasteiger partial charge is 0.444 e. The van der Waals surface area contributed by atoms with Gasteiger partial charge in [0.15, 0.2) is 5.96 Å². The van der Waals surface area contributed by atoms with Crippen molar-refractivity contribution >= 4 is 36.0 Å². The number of guanidine groups is 1. The van der Waals surface area contributed by atoms with Crippen LogP contribution in [0.15, 0.2) is 29.4 Å².